The summed E-state index contributed by atoms with van der Waals surface area (Å²) in [6.07, 6.45) is 5.20. The van der Waals surface area contributed by atoms with Gasteiger partial charge in [-0.3, -0.25) is 4.99 Å². The Morgan fingerprint density at radius 2 is 2.06 bits per heavy atom. The Morgan fingerprint density at radius 1 is 1.41 bits per heavy atom. The molecule has 0 aliphatic heterocycles. The van der Waals surface area contributed by atoms with E-state index >= 15 is 0 Å². The zero-order valence-electron chi connectivity index (χ0n) is 10.2. The average Bonchev–Trinajstić information content (AvgIpc) is 2.31. The summed E-state index contributed by atoms with van der Waals surface area (Å²) in [4.78, 5) is 6.19. The quantitative estimate of drug-likeness (QED) is 0.393. The van der Waals surface area contributed by atoms with Crippen LogP contribution in [0.2, 0.25) is 0 Å². The Kier molecular flexibility index (Phi) is 8.24. The third-order valence-corrected chi connectivity index (χ3v) is 2.18. The number of terminal acetylenes is 1. The second-order valence-electron chi connectivity index (χ2n) is 3.45. The lowest BCUT2D eigenvalue weighted by atomic mass is 10.2. The highest BCUT2D eigenvalue weighted by molar-refractivity contribution is 14.0. The van der Waals surface area contributed by atoms with Crippen molar-refractivity contribution in [3.8, 4) is 12.3 Å². The lowest BCUT2D eigenvalue weighted by molar-refractivity contribution is 0.481. The normalized spacial score (nSPS) is 10.1. The van der Waals surface area contributed by atoms with Crippen LogP contribution >= 0.6 is 24.0 Å². The van der Waals surface area contributed by atoms with Gasteiger partial charge in [0.25, 0.3) is 0 Å². The van der Waals surface area contributed by atoms with Gasteiger partial charge < -0.3 is 10.2 Å². The molecular weight excluding hydrogens is 325 g/mol. The number of halogens is 1. The number of rotatable bonds is 3. The van der Waals surface area contributed by atoms with E-state index in [-0.39, 0.29) is 24.0 Å². The Bertz CT molecular complexity index is 381. The predicted molar refractivity (Wildman–Crippen MR) is 83.5 cm³/mol. The molecule has 0 amide bonds. The predicted octanol–water partition coefficient (Wildman–Crippen LogP) is 1.94. The van der Waals surface area contributed by atoms with Crippen molar-refractivity contribution in [3.63, 3.8) is 0 Å². The summed E-state index contributed by atoms with van der Waals surface area (Å²) in [5.74, 6) is 3.34. The van der Waals surface area contributed by atoms with Gasteiger partial charge in [0.15, 0.2) is 5.96 Å². The van der Waals surface area contributed by atoms with Gasteiger partial charge in [0.2, 0.25) is 0 Å². The Labute approximate surface area is 120 Å². The van der Waals surface area contributed by atoms with Crippen LogP contribution in [0.4, 0.5) is 0 Å². The van der Waals surface area contributed by atoms with Crippen LogP contribution in [0.1, 0.15) is 5.56 Å². The first kappa shape index (κ1) is 15.8. The van der Waals surface area contributed by atoms with Crippen molar-refractivity contribution in [1.82, 2.24) is 10.2 Å². The Morgan fingerprint density at radius 3 is 2.59 bits per heavy atom. The molecule has 0 unspecified atom stereocenters. The molecule has 0 heterocycles. The van der Waals surface area contributed by atoms with Crippen LogP contribution in [-0.2, 0) is 6.54 Å². The largest absolute Gasteiger partial charge is 0.345 e. The number of aliphatic imine (C=N–C) groups is 1. The Balaban J connectivity index is 0.00000256. The minimum Gasteiger partial charge on any atom is -0.345 e. The maximum Gasteiger partial charge on any atom is 0.194 e. The molecule has 1 aromatic carbocycles. The molecular formula is C13H18IN3. The van der Waals surface area contributed by atoms with Crippen LogP contribution in [0, 0.1) is 12.3 Å². The third-order valence-electron chi connectivity index (χ3n) is 2.18. The molecule has 0 radical (unpaired) electrons. The molecule has 4 heteroatoms. The van der Waals surface area contributed by atoms with E-state index in [1.165, 1.54) is 5.56 Å². The van der Waals surface area contributed by atoms with Gasteiger partial charge in [-0.1, -0.05) is 36.3 Å². The van der Waals surface area contributed by atoms with Crippen molar-refractivity contribution >= 4 is 29.9 Å². The first-order chi connectivity index (χ1) is 7.77. The Hall–Kier alpha value is -1.22. The fraction of sp³-hybridized carbons (Fsp3) is 0.308. The summed E-state index contributed by atoms with van der Waals surface area (Å²) in [6.45, 7) is 1.30. The zero-order valence-corrected chi connectivity index (χ0v) is 12.5. The van der Waals surface area contributed by atoms with Crippen molar-refractivity contribution in [1.29, 1.82) is 0 Å². The van der Waals surface area contributed by atoms with Crippen molar-refractivity contribution in [2.24, 2.45) is 4.99 Å². The second kappa shape index (κ2) is 8.88. The molecule has 0 atom stereocenters. The third kappa shape index (κ3) is 5.59. The summed E-state index contributed by atoms with van der Waals surface area (Å²) in [5, 5.41) is 3.08. The molecule has 0 spiro atoms. The number of nitrogens with zero attached hydrogens (tertiary/aromatic N) is 2. The molecule has 0 aliphatic carbocycles. The fourth-order valence-electron chi connectivity index (χ4n) is 1.45. The van der Waals surface area contributed by atoms with E-state index < -0.39 is 0 Å². The summed E-state index contributed by atoms with van der Waals surface area (Å²) >= 11 is 0. The summed E-state index contributed by atoms with van der Waals surface area (Å²) in [6, 6.07) is 10.2. The maximum absolute atomic E-state index is 5.20. The second-order valence-corrected chi connectivity index (χ2v) is 3.45. The molecule has 17 heavy (non-hydrogen) atoms. The van der Waals surface area contributed by atoms with Crippen LogP contribution in [0.25, 0.3) is 0 Å². The number of hydrogen-bond acceptors (Lipinski definition) is 1. The summed E-state index contributed by atoms with van der Waals surface area (Å²) in [5.41, 5.74) is 1.24. The van der Waals surface area contributed by atoms with E-state index in [4.69, 9.17) is 6.42 Å². The van der Waals surface area contributed by atoms with Crippen molar-refractivity contribution in [2.45, 2.75) is 6.54 Å². The zero-order chi connectivity index (χ0) is 11.8. The average molecular weight is 343 g/mol. The highest BCUT2D eigenvalue weighted by Crippen LogP contribution is 2.02. The van der Waals surface area contributed by atoms with Gasteiger partial charge in [-0.25, -0.2) is 0 Å². The van der Waals surface area contributed by atoms with Crippen LogP contribution in [0.3, 0.4) is 0 Å². The van der Waals surface area contributed by atoms with E-state index in [0.717, 1.165) is 12.5 Å². The van der Waals surface area contributed by atoms with E-state index in [9.17, 15) is 0 Å². The lowest BCUT2D eigenvalue weighted by Crippen LogP contribution is -2.38. The standard InChI is InChI=1S/C13H17N3.HI/c1-4-10-15-13(14-2)16(3)11-12-8-6-5-7-9-12;/h1,5-9H,10-11H2,2-3H3,(H,14,15);1H. The van der Waals surface area contributed by atoms with E-state index in [1.807, 2.05) is 30.1 Å². The summed E-state index contributed by atoms with van der Waals surface area (Å²) in [7, 11) is 3.74. The van der Waals surface area contributed by atoms with Crippen LogP contribution in [-0.4, -0.2) is 31.5 Å². The number of guanidine groups is 1. The SMILES string of the molecule is C#CCNC(=NC)N(C)Cc1ccccc1.I. The first-order valence-corrected chi connectivity index (χ1v) is 5.17. The smallest absolute Gasteiger partial charge is 0.194 e. The topological polar surface area (TPSA) is 27.6 Å². The van der Waals surface area contributed by atoms with Gasteiger partial charge in [0, 0.05) is 20.6 Å². The van der Waals surface area contributed by atoms with Crippen LogP contribution in [0.5, 0.6) is 0 Å². The van der Waals surface area contributed by atoms with Gasteiger partial charge in [0.1, 0.15) is 0 Å². The molecule has 0 aromatic heterocycles. The fourth-order valence-corrected chi connectivity index (χ4v) is 1.45. The first-order valence-electron chi connectivity index (χ1n) is 5.17. The molecule has 0 bridgehead atoms. The molecule has 0 saturated heterocycles. The lowest BCUT2D eigenvalue weighted by Gasteiger charge is -2.21. The van der Waals surface area contributed by atoms with Crippen molar-refractivity contribution in [2.75, 3.05) is 20.6 Å². The highest BCUT2D eigenvalue weighted by atomic mass is 127. The van der Waals surface area contributed by atoms with E-state index in [2.05, 4.69) is 28.4 Å². The molecule has 0 saturated carbocycles. The molecule has 92 valence electrons. The minimum atomic E-state index is 0. The molecule has 1 N–H and O–H groups in total. The molecule has 0 aliphatic rings. The molecule has 0 fully saturated rings. The molecule has 1 rings (SSSR count). The van der Waals surface area contributed by atoms with Gasteiger partial charge in [-0.15, -0.1) is 30.4 Å². The number of hydrogen-bond donors (Lipinski definition) is 1. The minimum absolute atomic E-state index is 0. The highest BCUT2D eigenvalue weighted by Gasteiger charge is 2.04. The molecule has 3 nitrogen and oxygen atoms in total. The van der Waals surface area contributed by atoms with Crippen molar-refractivity contribution in [3.05, 3.63) is 35.9 Å². The number of nitrogens with one attached hydrogen (secondary N) is 1. The van der Waals surface area contributed by atoms with Gasteiger partial charge >= 0.3 is 0 Å². The van der Waals surface area contributed by atoms with Gasteiger partial charge in [-0.05, 0) is 5.56 Å². The van der Waals surface area contributed by atoms with E-state index in [0.29, 0.717) is 6.54 Å². The van der Waals surface area contributed by atoms with Gasteiger partial charge in [0.05, 0.1) is 6.54 Å². The monoisotopic (exact) mass is 343 g/mol. The maximum atomic E-state index is 5.20. The number of benzene rings is 1. The van der Waals surface area contributed by atoms with E-state index in [1.54, 1.807) is 7.05 Å². The van der Waals surface area contributed by atoms with Crippen molar-refractivity contribution < 1.29 is 0 Å². The summed E-state index contributed by atoms with van der Waals surface area (Å²) < 4.78 is 0. The van der Waals surface area contributed by atoms with Crippen LogP contribution < -0.4 is 5.32 Å². The van der Waals surface area contributed by atoms with Gasteiger partial charge in [-0.2, -0.15) is 0 Å². The van der Waals surface area contributed by atoms with Crippen LogP contribution in [0.15, 0.2) is 35.3 Å². The molecule has 1 aromatic rings.